The van der Waals surface area contributed by atoms with E-state index in [1.807, 2.05) is 6.92 Å². The van der Waals surface area contributed by atoms with Crippen molar-refractivity contribution in [3.05, 3.63) is 0 Å². The summed E-state index contributed by atoms with van der Waals surface area (Å²) in [4.78, 5) is 37.4. The first-order valence-electron chi connectivity index (χ1n) is 9.65. The number of hydrogen-bond donors (Lipinski definition) is 2. The molecule has 1 fully saturated rings. The molecule has 2 N–H and O–H groups in total. The maximum Gasteiger partial charge on any atom is 0.316 e. The Morgan fingerprint density at radius 1 is 0.962 bits per heavy atom. The van der Waals surface area contributed by atoms with Gasteiger partial charge in [-0.3, -0.25) is 14.4 Å². The van der Waals surface area contributed by atoms with Gasteiger partial charge in [0.1, 0.15) is 17.8 Å². The van der Waals surface area contributed by atoms with E-state index in [1.165, 1.54) is 6.92 Å². The molecular weight excluding hydrogens is 336 g/mol. The molecule has 0 spiro atoms. The van der Waals surface area contributed by atoms with Gasteiger partial charge in [0.15, 0.2) is 5.78 Å². The molecule has 0 aromatic carbocycles. The minimum Gasteiger partial charge on any atom is -0.461 e. The number of Topliss-reactive ketones (excluding diaryl/α,β-unsaturated/α-hetero) is 2. The summed E-state index contributed by atoms with van der Waals surface area (Å²) < 4.78 is 5.49. The predicted molar refractivity (Wildman–Crippen MR) is 97.3 cm³/mol. The fourth-order valence-corrected chi connectivity index (χ4v) is 3.62. The van der Waals surface area contributed by atoms with Crippen LogP contribution in [0.1, 0.15) is 60.8 Å². The van der Waals surface area contributed by atoms with E-state index in [2.05, 4.69) is 0 Å². The number of ketones is 2. The Morgan fingerprint density at radius 2 is 1.54 bits per heavy atom. The van der Waals surface area contributed by atoms with E-state index < -0.39 is 48.0 Å². The monoisotopic (exact) mass is 370 g/mol. The minimum absolute atomic E-state index is 0.0889. The highest BCUT2D eigenvalue weighted by atomic mass is 16.5. The van der Waals surface area contributed by atoms with Gasteiger partial charge in [0.2, 0.25) is 0 Å². The molecule has 0 bridgehead atoms. The van der Waals surface area contributed by atoms with Crippen LogP contribution >= 0.6 is 0 Å². The second-order valence-corrected chi connectivity index (χ2v) is 7.91. The summed E-state index contributed by atoms with van der Waals surface area (Å²) in [6, 6.07) is 0. The number of aliphatic hydroxyl groups is 2. The fourth-order valence-electron chi connectivity index (χ4n) is 3.62. The zero-order valence-electron chi connectivity index (χ0n) is 16.8. The summed E-state index contributed by atoms with van der Waals surface area (Å²) in [6.45, 7) is 10.1. The highest BCUT2D eigenvalue weighted by Gasteiger charge is 2.38. The lowest BCUT2D eigenvalue weighted by Gasteiger charge is -2.32. The summed E-state index contributed by atoms with van der Waals surface area (Å²) >= 11 is 0. The Kier molecular flexibility index (Phi) is 8.41. The summed E-state index contributed by atoms with van der Waals surface area (Å²) in [7, 11) is 0. The Hall–Kier alpha value is -1.27. The van der Waals surface area contributed by atoms with Crippen LogP contribution in [0.5, 0.6) is 0 Å². The second kappa shape index (κ2) is 9.60. The number of aliphatic hydroxyl groups excluding tert-OH is 2. The first kappa shape index (κ1) is 22.8. The van der Waals surface area contributed by atoms with Crippen LogP contribution in [0.25, 0.3) is 0 Å². The van der Waals surface area contributed by atoms with Crippen molar-refractivity contribution >= 4 is 17.5 Å². The van der Waals surface area contributed by atoms with Crippen LogP contribution in [-0.2, 0) is 19.1 Å². The lowest BCUT2D eigenvalue weighted by molar-refractivity contribution is -0.163. The molecule has 0 radical (unpaired) electrons. The number of carbonyl (C=O) groups excluding carboxylic acids is 3. The molecule has 0 aliphatic carbocycles. The highest BCUT2D eigenvalue weighted by Crippen LogP contribution is 2.27. The minimum atomic E-state index is -0.979. The topological polar surface area (TPSA) is 101 Å². The highest BCUT2D eigenvalue weighted by molar-refractivity contribution is 5.99. The van der Waals surface area contributed by atoms with Crippen molar-refractivity contribution in [2.45, 2.75) is 79.1 Å². The standard InChI is InChI=1S/C20H34O6/c1-7-16-12(4)18(23)11(3)15(21)9-8-10(2)17(22)13(5)19(24)14(6)20(25)26-16/h10-14,16-18,22-23H,7-9H2,1-6H3/t10-,11-,12-,13+,14+,16+,17-,18+/m0/s1. The molecule has 1 aliphatic rings. The average Bonchev–Trinajstić information content (AvgIpc) is 2.64. The van der Waals surface area contributed by atoms with Crippen molar-refractivity contribution in [3.8, 4) is 0 Å². The molecule has 26 heavy (non-hydrogen) atoms. The normalized spacial score (nSPS) is 41.5. The molecule has 0 unspecified atom stereocenters. The zero-order valence-corrected chi connectivity index (χ0v) is 16.8. The Bertz CT molecular complexity index is 516. The van der Waals surface area contributed by atoms with Crippen LogP contribution in [0.15, 0.2) is 0 Å². The van der Waals surface area contributed by atoms with E-state index in [1.54, 1.807) is 27.7 Å². The van der Waals surface area contributed by atoms with Gasteiger partial charge < -0.3 is 14.9 Å². The summed E-state index contributed by atoms with van der Waals surface area (Å²) in [5, 5.41) is 21.0. The SMILES string of the molecule is CC[C@H]1OC(=O)[C@H](C)C(=O)[C@H](C)[C@@H](O)[C@@H](C)CCC(=O)[C@H](C)[C@@H](O)[C@H]1C. The Labute approximate surface area is 156 Å². The van der Waals surface area contributed by atoms with Gasteiger partial charge >= 0.3 is 5.97 Å². The molecule has 1 saturated heterocycles. The van der Waals surface area contributed by atoms with Crippen molar-refractivity contribution in [1.82, 2.24) is 0 Å². The second-order valence-electron chi connectivity index (χ2n) is 7.91. The molecule has 1 heterocycles. The fraction of sp³-hybridized carbons (Fsp3) is 0.850. The molecule has 1 rings (SSSR count). The molecule has 8 atom stereocenters. The van der Waals surface area contributed by atoms with Crippen molar-refractivity contribution in [2.75, 3.05) is 0 Å². The summed E-state index contributed by atoms with van der Waals surface area (Å²) in [5.74, 6) is -4.07. The summed E-state index contributed by atoms with van der Waals surface area (Å²) in [5.41, 5.74) is 0. The van der Waals surface area contributed by atoms with Gasteiger partial charge in [-0.25, -0.2) is 0 Å². The number of esters is 1. The molecular formula is C20H34O6. The predicted octanol–water partition coefficient (Wildman–Crippen LogP) is 2.14. The van der Waals surface area contributed by atoms with Crippen LogP contribution in [0.2, 0.25) is 0 Å². The van der Waals surface area contributed by atoms with Crippen LogP contribution in [0.4, 0.5) is 0 Å². The van der Waals surface area contributed by atoms with Gasteiger partial charge in [0, 0.05) is 24.2 Å². The van der Waals surface area contributed by atoms with Gasteiger partial charge in [-0.2, -0.15) is 0 Å². The lowest BCUT2D eigenvalue weighted by atomic mass is 9.81. The maximum absolute atomic E-state index is 12.6. The van der Waals surface area contributed by atoms with Crippen LogP contribution in [0.3, 0.4) is 0 Å². The van der Waals surface area contributed by atoms with E-state index in [9.17, 15) is 24.6 Å². The zero-order chi connectivity index (χ0) is 20.2. The van der Waals surface area contributed by atoms with Crippen molar-refractivity contribution in [1.29, 1.82) is 0 Å². The third-order valence-corrected chi connectivity index (χ3v) is 5.99. The van der Waals surface area contributed by atoms with Gasteiger partial charge in [-0.15, -0.1) is 0 Å². The van der Waals surface area contributed by atoms with Gasteiger partial charge in [-0.1, -0.05) is 34.6 Å². The molecule has 150 valence electrons. The Morgan fingerprint density at radius 3 is 2.08 bits per heavy atom. The van der Waals surface area contributed by atoms with E-state index >= 15 is 0 Å². The third-order valence-electron chi connectivity index (χ3n) is 5.99. The first-order valence-corrected chi connectivity index (χ1v) is 9.65. The molecule has 0 aromatic rings. The van der Waals surface area contributed by atoms with E-state index in [0.717, 1.165) is 0 Å². The third kappa shape index (κ3) is 5.13. The molecule has 0 amide bonds. The molecule has 1 aliphatic heterocycles. The summed E-state index contributed by atoms with van der Waals surface area (Å²) in [6.07, 6.45) is -1.32. The lowest BCUT2D eigenvalue weighted by Crippen LogP contribution is -2.42. The van der Waals surface area contributed by atoms with Crippen LogP contribution < -0.4 is 0 Å². The van der Waals surface area contributed by atoms with Crippen molar-refractivity contribution < 1.29 is 29.3 Å². The van der Waals surface area contributed by atoms with Crippen molar-refractivity contribution in [3.63, 3.8) is 0 Å². The number of cyclic esters (lactones) is 1. The number of ether oxygens (including phenoxy) is 1. The first-order chi connectivity index (χ1) is 12.0. The number of rotatable bonds is 1. The Balaban J connectivity index is 3.16. The smallest absolute Gasteiger partial charge is 0.316 e. The van der Waals surface area contributed by atoms with E-state index in [0.29, 0.717) is 12.8 Å². The van der Waals surface area contributed by atoms with E-state index in [4.69, 9.17) is 4.74 Å². The number of carbonyl (C=O) groups is 3. The molecule has 6 nitrogen and oxygen atoms in total. The van der Waals surface area contributed by atoms with Gasteiger partial charge in [0.25, 0.3) is 0 Å². The molecule has 6 heteroatoms. The van der Waals surface area contributed by atoms with E-state index in [-0.39, 0.29) is 23.9 Å². The molecule has 0 saturated carbocycles. The molecule has 0 aromatic heterocycles. The van der Waals surface area contributed by atoms with Gasteiger partial charge in [-0.05, 0) is 25.7 Å². The average molecular weight is 370 g/mol. The van der Waals surface area contributed by atoms with Crippen LogP contribution in [-0.4, -0.2) is 46.1 Å². The quantitative estimate of drug-likeness (QED) is 0.542. The number of hydrogen-bond acceptors (Lipinski definition) is 6. The maximum atomic E-state index is 12.6. The largest absolute Gasteiger partial charge is 0.461 e. The van der Waals surface area contributed by atoms with Gasteiger partial charge in [0.05, 0.1) is 12.2 Å². The van der Waals surface area contributed by atoms with Crippen LogP contribution in [0, 0.1) is 29.6 Å². The van der Waals surface area contributed by atoms with Crippen molar-refractivity contribution in [2.24, 2.45) is 29.6 Å².